The van der Waals surface area contributed by atoms with Crippen LogP contribution in [0.5, 0.6) is 0 Å². The van der Waals surface area contributed by atoms with Crippen molar-refractivity contribution in [1.29, 1.82) is 0 Å². The highest BCUT2D eigenvalue weighted by Gasteiger charge is 2.29. The zero-order valence-corrected chi connectivity index (χ0v) is 17.5. The van der Waals surface area contributed by atoms with Gasteiger partial charge in [0.05, 0.1) is 17.8 Å². The van der Waals surface area contributed by atoms with Gasteiger partial charge in [-0.05, 0) is 24.6 Å². The number of benzene rings is 2. The van der Waals surface area contributed by atoms with Crippen molar-refractivity contribution in [3.05, 3.63) is 88.2 Å². The Balaban J connectivity index is 1.44. The van der Waals surface area contributed by atoms with Gasteiger partial charge < -0.3 is 9.80 Å². The minimum absolute atomic E-state index is 0.00686. The molecule has 2 aromatic carbocycles. The van der Waals surface area contributed by atoms with Crippen LogP contribution in [0.4, 0.5) is 0 Å². The topological polar surface area (TPSA) is 58.4 Å². The summed E-state index contributed by atoms with van der Waals surface area (Å²) in [4.78, 5) is 29.3. The Kier molecular flexibility index (Phi) is 5.86. The first-order chi connectivity index (χ1) is 14.5. The molecule has 1 saturated heterocycles. The van der Waals surface area contributed by atoms with Crippen molar-refractivity contribution in [1.82, 2.24) is 19.6 Å². The fraction of sp³-hybridized carbons (Fsp3) is 0.261. The molecule has 1 fully saturated rings. The maximum atomic E-state index is 13.1. The molecule has 3 aromatic rings. The standard InChI is InChI=1S/C23H23ClN4O2/c1-17-20(21(24)28(25-17)16-18-8-4-2-5-9-18)23(30)27-14-12-26(13-15-27)22(29)19-10-6-3-7-11-19/h2-11H,12-16H2,1H3. The summed E-state index contributed by atoms with van der Waals surface area (Å²) in [7, 11) is 0. The second-order valence-electron chi connectivity index (χ2n) is 7.34. The lowest BCUT2D eigenvalue weighted by molar-refractivity contribution is 0.0535. The Bertz CT molecular complexity index is 1040. The van der Waals surface area contributed by atoms with Crippen LogP contribution in [-0.2, 0) is 6.54 Å². The number of carbonyl (C=O) groups excluding carboxylic acids is 2. The van der Waals surface area contributed by atoms with Crippen LogP contribution in [0.2, 0.25) is 5.15 Å². The number of carbonyl (C=O) groups is 2. The molecule has 0 radical (unpaired) electrons. The summed E-state index contributed by atoms with van der Waals surface area (Å²) >= 11 is 6.54. The van der Waals surface area contributed by atoms with Crippen LogP contribution >= 0.6 is 11.6 Å². The summed E-state index contributed by atoms with van der Waals surface area (Å²) in [5, 5.41) is 4.83. The second-order valence-corrected chi connectivity index (χ2v) is 7.70. The van der Waals surface area contributed by atoms with Crippen molar-refractivity contribution in [3.63, 3.8) is 0 Å². The van der Waals surface area contributed by atoms with Gasteiger partial charge in [-0.2, -0.15) is 5.10 Å². The summed E-state index contributed by atoms with van der Waals surface area (Å²) < 4.78 is 1.66. The molecule has 0 bridgehead atoms. The molecule has 7 heteroatoms. The lowest BCUT2D eigenvalue weighted by atomic mass is 10.1. The molecule has 1 aromatic heterocycles. The van der Waals surface area contributed by atoms with Gasteiger partial charge in [0, 0.05) is 31.7 Å². The first-order valence-electron chi connectivity index (χ1n) is 9.95. The van der Waals surface area contributed by atoms with Crippen LogP contribution in [0.1, 0.15) is 32.0 Å². The first kappa shape index (κ1) is 20.2. The summed E-state index contributed by atoms with van der Waals surface area (Å²) in [6.45, 7) is 4.24. The van der Waals surface area contributed by atoms with E-state index in [4.69, 9.17) is 11.6 Å². The van der Waals surface area contributed by atoms with Crippen LogP contribution in [0.25, 0.3) is 0 Å². The molecule has 2 heterocycles. The van der Waals surface area contributed by atoms with Crippen molar-refractivity contribution >= 4 is 23.4 Å². The number of aromatic nitrogens is 2. The predicted molar refractivity (Wildman–Crippen MR) is 116 cm³/mol. The highest BCUT2D eigenvalue weighted by molar-refractivity contribution is 6.33. The molecule has 1 aliphatic rings. The SMILES string of the molecule is Cc1nn(Cc2ccccc2)c(Cl)c1C(=O)N1CCN(C(=O)c2ccccc2)CC1. The average molecular weight is 423 g/mol. The average Bonchev–Trinajstić information content (AvgIpc) is 3.07. The van der Waals surface area contributed by atoms with Crippen LogP contribution in [0.3, 0.4) is 0 Å². The molecular weight excluding hydrogens is 400 g/mol. The van der Waals surface area contributed by atoms with E-state index < -0.39 is 0 Å². The van der Waals surface area contributed by atoms with Crippen molar-refractivity contribution < 1.29 is 9.59 Å². The third-order valence-corrected chi connectivity index (χ3v) is 5.71. The van der Waals surface area contributed by atoms with Crippen molar-refractivity contribution in [2.75, 3.05) is 26.2 Å². The number of aryl methyl sites for hydroxylation is 1. The van der Waals surface area contributed by atoms with Crippen LogP contribution in [-0.4, -0.2) is 57.6 Å². The third kappa shape index (κ3) is 4.09. The zero-order valence-electron chi connectivity index (χ0n) is 16.8. The lowest BCUT2D eigenvalue weighted by Gasteiger charge is -2.34. The lowest BCUT2D eigenvalue weighted by Crippen LogP contribution is -2.50. The van der Waals surface area contributed by atoms with Gasteiger partial charge in [-0.15, -0.1) is 0 Å². The van der Waals surface area contributed by atoms with E-state index in [9.17, 15) is 9.59 Å². The largest absolute Gasteiger partial charge is 0.335 e. The maximum absolute atomic E-state index is 13.1. The van der Waals surface area contributed by atoms with Gasteiger partial charge >= 0.3 is 0 Å². The van der Waals surface area contributed by atoms with Gasteiger partial charge in [0.15, 0.2) is 0 Å². The Morgan fingerprint density at radius 2 is 1.40 bits per heavy atom. The van der Waals surface area contributed by atoms with Gasteiger partial charge in [-0.1, -0.05) is 60.1 Å². The molecule has 30 heavy (non-hydrogen) atoms. The smallest absolute Gasteiger partial charge is 0.259 e. The van der Waals surface area contributed by atoms with E-state index in [0.29, 0.717) is 54.7 Å². The predicted octanol–water partition coefficient (Wildman–Crippen LogP) is 3.49. The van der Waals surface area contributed by atoms with Gasteiger partial charge in [0.25, 0.3) is 11.8 Å². The van der Waals surface area contributed by atoms with E-state index in [1.165, 1.54) is 0 Å². The molecule has 6 nitrogen and oxygen atoms in total. The summed E-state index contributed by atoms with van der Waals surface area (Å²) in [6, 6.07) is 19.1. The Morgan fingerprint density at radius 3 is 2.00 bits per heavy atom. The van der Waals surface area contributed by atoms with Crippen LogP contribution in [0, 0.1) is 6.92 Å². The van der Waals surface area contributed by atoms with E-state index in [-0.39, 0.29) is 11.8 Å². The number of piperazine rings is 1. The van der Waals surface area contributed by atoms with Gasteiger partial charge in [0.2, 0.25) is 0 Å². The third-order valence-electron chi connectivity index (χ3n) is 5.33. The minimum Gasteiger partial charge on any atom is -0.335 e. The van der Waals surface area contributed by atoms with Crippen LogP contribution < -0.4 is 0 Å². The first-order valence-corrected chi connectivity index (χ1v) is 10.3. The molecule has 0 unspecified atom stereocenters. The molecule has 154 valence electrons. The molecule has 0 atom stereocenters. The molecular formula is C23H23ClN4O2. The number of nitrogens with zero attached hydrogens (tertiary/aromatic N) is 4. The molecule has 0 aliphatic carbocycles. The van der Waals surface area contributed by atoms with Crippen LogP contribution in [0.15, 0.2) is 60.7 Å². The number of hydrogen-bond donors (Lipinski definition) is 0. The summed E-state index contributed by atoms with van der Waals surface area (Å²) in [6.07, 6.45) is 0. The monoisotopic (exact) mass is 422 g/mol. The van der Waals surface area contributed by atoms with Crippen molar-refractivity contribution in [3.8, 4) is 0 Å². The molecule has 1 aliphatic heterocycles. The number of halogens is 1. The van der Waals surface area contributed by atoms with Gasteiger partial charge in [0.1, 0.15) is 5.15 Å². The van der Waals surface area contributed by atoms with Gasteiger partial charge in [-0.3, -0.25) is 9.59 Å². The fourth-order valence-corrected chi connectivity index (χ4v) is 4.01. The summed E-state index contributed by atoms with van der Waals surface area (Å²) in [5.41, 5.74) is 2.78. The second kappa shape index (κ2) is 8.71. The summed E-state index contributed by atoms with van der Waals surface area (Å²) in [5.74, 6) is -0.142. The van der Waals surface area contributed by atoms with Crippen molar-refractivity contribution in [2.24, 2.45) is 0 Å². The fourth-order valence-electron chi connectivity index (χ4n) is 3.69. The number of amides is 2. The van der Waals surface area contributed by atoms with E-state index in [0.717, 1.165) is 5.56 Å². The molecule has 0 saturated carbocycles. The minimum atomic E-state index is -0.136. The molecule has 4 rings (SSSR count). The zero-order chi connectivity index (χ0) is 21.1. The highest BCUT2D eigenvalue weighted by Crippen LogP contribution is 2.23. The number of rotatable bonds is 4. The Labute approximate surface area is 180 Å². The van der Waals surface area contributed by atoms with E-state index >= 15 is 0 Å². The van der Waals surface area contributed by atoms with E-state index in [1.54, 1.807) is 21.4 Å². The van der Waals surface area contributed by atoms with Gasteiger partial charge in [-0.25, -0.2) is 4.68 Å². The molecule has 0 N–H and O–H groups in total. The van der Waals surface area contributed by atoms with Crippen molar-refractivity contribution in [2.45, 2.75) is 13.5 Å². The number of hydrogen-bond acceptors (Lipinski definition) is 3. The highest BCUT2D eigenvalue weighted by atomic mass is 35.5. The maximum Gasteiger partial charge on any atom is 0.259 e. The molecule has 0 spiro atoms. The molecule has 2 amide bonds. The quantitative estimate of drug-likeness (QED) is 0.646. The van der Waals surface area contributed by atoms with E-state index in [2.05, 4.69) is 5.10 Å². The normalized spacial score (nSPS) is 14.1. The Morgan fingerprint density at radius 1 is 0.867 bits per heavy atom. The Hall–Kier alpha value is -3.12. The van der Waals surface area contributed by atoms with E-state index in [1.807, 2.05) is 60.7 Å².